The number of hydrogen-bond donors (Lipinski definition) is 9. The minimum absolute atomic E-state index is 0.0279. The summed E-state index contributed by atoms with van der Waals surface area (Å²) in [5.41, 5.74) is 0.162. The second-order valence-corrected chi connectivity index (χ2v) is 24.5. The van der Waals surface area contributed by atoms with Gasteiger partial charge in [-0.25, -0.2) is 9.59 Å². The number of thioether (sulfide) groups is 1. The number of pyridine rings is 1. The maximum atomic E-state index is 13.8. The zero-order valence-electron chi connectivity index (χ0n) is 45.6. The number of rotatable bonds is 30. The minimum Gasteiger partial charge on any atom is -0.479 e. The number of piperidine rings is 1. The molecule has 0 aliphatic carbocycles. The van der Waals surface area contributed by atoms with Gasteiger partial charge < -0.3 is 60.8 Å². The molecule has 0 bridgehead atoms. The Morgan fingerprint density at radius 3 is 2.38 bits per heavy atom. The number of benzene rings is 2. The van der Waals surface area contributed by atoms with Crippen molar-refractivity contribution in [3.8, 4) is 5.75 Å². The van der Waals surface area contributed by atoms with E-state index >= 15 is 0 Å². The Labute approximate surface area is 488 Å². The fraction of sp³-hybridized carbons (Fsp3) is 0.518. The van der Waals surface area contributed by atoms with Gasteiger partial charge in [-0.15, -0.1) is 11.8 Å². The molecule has 81 heavy (non-hydrogen) atoms. The van der Waals surface area contributed by atoms with Crippen LogP contribution in [0.5, 0.6) is 5.75 Å². The number of carboxylic acids is 1. The van der Waals surface area contributed by atoms with E-state index in [9.17, 15) is 58.8 Å². The third-order valence-corrected chi connectivity index (χ3v) is 17.9. The summed E-state index contributed by atoms with van der Waals surface area (Å²) in [6.45, 7) is 5.27. The smallest absolute Gasteiger partial charge is 0.411 e. The molecule has 6 atom stereocenters. The fourth-order valence-electron chi connectivity index (χ4n) is 9.53. The molecule has 7 amide bonds. The molecule has 0 saturated carbocycles. The summed E-state index contributed by atoms with van der Waals surface area (Å²) in [7, 11) is 0.977. The predicted octanol–water partition coefficient (Wildman–Crippen LogP) is 4.58. The number of carbonyl (C=O) groups excluding carboxylic acids is 7. The second-order valence-electron chi connectivity index (χ2n) is 20.1. The first-order valence-corrected chi connectivity index (χ1v) is 29.1. The molecule has 2 aromatic carbocycles. The van der Waals surface area contributed by atoms with Gasteiger partial charge in [-0.2, -0.15) is 0 Å². The molecule has 9 N–H and O–H groups in total. The zero-order valence-corrected chi connectivity index (χ0v) is 48.6. The van der Waals surface area contributed by atoms with E-state index in [-0.39, 0.29) is 76.3 Å². The molecule has 4 unspecified atom stereocenters. The Morgan fingerprint density at radius 2 is 1.72 bits per heavy atom. The summed E-state index contributed by atoms with van der Waals surface area (Å²) < 4.78 is 15.5. The number of ether oxygens (including phenoxy) is 3. The molecule has 3 fully saturated rings. The highest BCUT2D eigenvalue weighted by Gasteiger charge is 2.58. The molecule has 4 heterocycles. The number of unbranched alkanes of at least 4 members (excludes halogenated alkanes) is 2. The quantitative estimate of drug-likeness (QED) is 0.0110. The number of halogens is 1. The van der Waals surface area contributed by atoms with Crippen LogP contribution in [0.15, 0.2) is 73.1 Å². The lowest BCUT2D eigenvalue weighted by Crippen LogP contribution is -2.76. The summed E-state index contributed by atoms with van der Waals surface area (Å²) in [5.74, 6) is -4.01. The van der Waals surface area contributed by atoms with Crippen molar-refractivity contribution >= 4 is 99.3 Å². The van der Waals surface area contributed by atoms with Gasteiger partial charge in [0.15, 0.2) is 11.6 Å². The van der Waals surface area contributed by atoms with Gasteiger partial charge in [0.05, 0.1) is 13.7 Å². The summed E-state index contributed by atoms with van der Waals surface area (Å²) in [6, 6.07) is 14.1. The number of nitrogens with one attached hydrogen (secondary N) is 5. The van der Waals surface area contributed by atoms with Crippen molar-refractivity contribution in [1.82, 2.24) is 30.7 Å². The van der Waals surface area contributed by atoms with E-state index in [1.165, 1.54) is 36.0 Å². The van der Waals surface area contributed by atoms with Crippen molar-refractivity contribution in [2.75, 3.05) is 57.0 Å². The van der Waals surface area contributed by atoms with Gasteiger partial charge in [0.25, 0.3) is 5.91 Å². The monoisotopic (exact) mass is 1260 g/mol. The van der Waals surface area contributed by atoms with Crippen molar-refractivity contribution in [2.24, 2.45) is 5.92 Å². The van der Waals surface area contributed by atoms with Crippen molar-refractivity contribution in [3.63, 3.8) is 0 Å². The topological polar surface area (TPSA) is 325 Å². The highest BCUT2D eigenvalue weighted by molar-refractivity contribution is 14.1. The number of aliphatic hydroxyl groups is 3. The number of anilines is 2. The fourth-order valence-corrected chi connectivity index (χ4v) is 12.2. The van der Waals surface area contributed by atoms with Crippen LogP contribution < -0.4 is 31.3 Å². The van der Waals surface area contributed by atoms with Gasteiger partial charge in [-0.3, -0.25) is 44.0 Å². The molecule has 3 saturated heterocycles. The van der Waals surface area contributed by atoms with Crippen molar-refractivity contribution < 1.29 is 73.0 Å². The van der Waals surface area contributed by atoms with Gasteiger partial charge in [-0.05, 0) is 91.6 Å². The largest absolute Gasteiger partial charge is 0.479 e. The molecule has 3 aliphatic rings. The SMILES string of the molecule is CCCCC(I)(CC)SC1CC(=O)N(C2(C(=O)NCCC(=O)Nc3cc(COC(=O)Nc4cccc(C(=O)N5CCC(CCCCNC(=O)/C=C/c6cccnc6)CC5)c4)ccc3O[C@@H](O)[C@@H](O)C(O)C(OC)C(=O)O)CNC2)C1=O. The number of nitrogens with zero attached hydrogens (tertiary/aromatic N) is 3. The minimum atomic E-state index is -2.27. The van der Waals surface area contributed by atoms with Crippen molar-refractivity contribution in [2.45, 2.75) is 129 Å². The van der Waals surface area contributed by atoms with E-state index in [1.54, 1.807) is 53.7 Å². The zero-order chi connectivity index (χ0) is 58.7. The third kappa shape index (κ3) is 17.9. The van der Waals surface area contributed by atoms with Crippen LogP contribution in [-0.4, -0.2) is 167 Å². The van der Waals surface area contributed by atoms with Gasteiger partial charge in [0, 0.05) is 88.9 Å². The van der Waals surface area contributed by atoms with Crippen LogP contribution in [0.1, 0.15) is 106 Å². The Hall–Kier alpha value is -6.23. The number of likely N-dealkylation sites (tertiary alicyclic amines) is 2. The standard InChI is InChI=1S/C56H73IN8O15S/c1-4-6-22-56(57,5-2)81-42-30-45(68)65(50(42)72)55(33-59-34-55)53(76)61-25-19-44(67)63-40-28-37(15-17-41(40)80-52(75)47(70)46(69)48(78-3)51(73)74)32-79-54(77)62-39-14-9-13-38(29-39)49(71)64-26-20-35(21-27-64)11-7-8-24-60-43(66)18-16-36-12-10-23-58-31-36/h9-10,12-18,23,28-29,31,35,42,46-48,52,59,69-70,75H,4-8,11,19-22,24-27,30,32-34H2,1-3H3,(H,60,66)(H,61,76)(H,62,77)(H,63,67)(H,73,74)/b18-16+/t42?,46?,47-,48?,52+,56?/m0/s1. The Kier molecular flexibility index (Phi) is 24.3. The van der Waals surface area contributed by atoms with Gasteiger partial charge in [0.2, 0.25) is 35.8 Å². The molecule has 3 aromatic rings. The molecule has 440 valence electrons. The van der Waals surface area contributed by atoms with Crippen LogP contribution in [0.2, 0.25) is 0 Å². The average molecular weight is 1260 g/mol. The third-order valence-electron chi connectivity index (χ3n) is 14.3. The maximum absolute atomic E-state index is 13.8. The molecular weight excluding hydrogens is 1180 g/mol. The number of amides is 7. The number of aliphatic hydroxyl groups excluding tert-OH is 3. The summed E-state index contributed by atoms with van der Waals surface area (Å²) >= 11 is 3.82. The van der Waals surface area contributed by atoms with E-state index < -0.39 is 71.1 Å². The first kappa shape index (κ1) is 63.9. The van der Waals surface area contributed by atoms with Gasteiger partial charge in [-0.1, -0.05) is 80.3 Å². The number of carbonyl (C=O) groups is 8. The molecular formula is C56H73IN8O15S. The Bertz CT molecular complexity index is 2710. The lowest BCUT2D eigenvalue weighted by molar-refractivity contribution is -0.184. The van der Waals surface area contributed by atoms with Crippen LogP contribution in [0, 0.1) is 5.92 Å². The van der Waals surface area contributed by atoms with E-state index in [1.807, 2.05) is 13.0 Å². The van der Waals surface area contributed by atoms with Gasteiger partial charge >= 0.3 is 12.1 Å². The number of carboxylic acid groups (broad SMARTS) is 1. The summed E-state index contributed by atoms with van der Waals surface area (Å²) in [5, 5.41) is 54.4. The summed E-state index contributed by atoms with van der Waals surface area (Å²) in [4.78, 5) is 112. The highest BCUT2D eigenvalue weighted by atomic mass is 127. The van der Waals surface area contributed by atoms with Crippen LogP contribution >= 0.6 is 34.4 Å². The first-order valence-electron chi connectivity index (χ1n) is 27.1. The van der Waals surface area contributed by atoms with Gasteiger partial charge in [0.1, 0.15) is 24.6 Å². The van der Waals surface area contributed by atoms with E-state index in [2.05, 4.69) is 61.1 Å². The van der Waals surface area contributed by atoms with Crippen LogP contribution in [0.3, 0.4) is 0 Å². The molecule has 3 aliphatic heterocycles. The maximum Gasteiger partial charge on any atom is 0.411 e. The number of hydrogen-bond acceptors (Lipinski definition) is 17. The molecule has 1 aromatic heterocycles. The lowest BCUT2D eigenvalue weighted by Gasteiger charge is -2.46. The van der Waals surface area contributed by atoms with E-state index in [0.717, 1.165) is 75.4 Å². The Morgan fingerprint density at radius 1 is 0.951 bits per heavy atom. The second kappa shape index (κ2) is 30.7. The van der Waals surface area contributed by atoms with Crippen molar-refractivity contribution in [3.05, 3.63) is 89.8 Å². The number of alkyl halides is 1. The van der Waals surface area contributed by atoms with Crippen molar-refractivity contribution in [1.29, 1.82) is 0 Å². The average Bonchev–Trinajstić information content (AvgIpc) is 3.76. The molecule has 25 heteroatoms. The van der Waals surface area contributed by atoms with Crippen LogP contribution in [-0.2, 0) is 44.8 Å². The lowest BCUT2D eigenvalue weighted by atomic mass is 9.89. The van der Waals surface area contributed by atoms with Crippen LogP contribution in [0.25, 0.3) is 6.08 Å². The molecule has 6 rings (SSSR count). The first-order chi connectivity index (χ1) is 38.8. The molecule has 0 radical (unpaired) electrons. The number of imide groups is 1. The number of aliphatic carboxylic acids is 1. The molecule has 0 spiro atoms. The Balaban J connectivity index is 1.01. The number of methoxy groups -OCH3 is 1. The molecule has 23 nitrogen and oxygen atoms in total. The van der Waals surface area contributed by atoms with E-state index in [0.29, 0.717) is 31.1 Å². The normalized spacial score (nSPS) is 18.4. The highest BCUT2D eigenvalue weighted by Crippen LogP contribution is 2.47. The predicted molar refractivity (Wildman–Crippen MR) is 309 cm³/mol. The van der Waals surface area contributed by atoms with E-state index in [4.69, 9.17) is 14.2 Å². The van der Waals surface area contributed by atoms with Crippen LogP contribution in [0.4, 0.5) is 16.2 Å². The summed E-state index contributed by atoms with van der Waals surface area (Å²) in [6.07, 6.45) is 4.70. The number of aromatic nitrogens is 1.